The number of aryl methyl sites for hydroxylation is 2. The van der Waals surface area contributed by atoms with Gasteiger partial charge in [0.2, 0.25) is 11.8 Å². The molecule has 12 rings (SSSR count). The van der Waals surface area contributed by atoms with Gasteiger partial charge in [0.25, 0.3) is 5.70 Å². The number of ether oxygens (including phenoxy) is 2. The Bertz CT molecular complexity index is 3790. The van der Waals surface area contributed by atoms with Crippen LogP contribution < -0.4 is 38.8 Å². The smallest absolute Gasteiger partial charge is 0.503 e. The van der Waals surface area contributed by atoms with Crippen molar-refractivity contribution in [2.45, 2.75) is 41.5 Å². The second-order valence-electron chi connectivity index (χ2n) is 19.3. The van der Waals surface area contributed by atoms with Crippen LogP contribution in [-0.2, 0) is 0 Å². The predicted molar refractivity (Wildman–Crippen MR) is 283 cm³/mol. The summed E-state index contributed by atoms with van der Waals surface area (Å²) in [6, 6.07) is 44.1. The number of oxazole rings is 2. The molecule has 0 spiro atoms. The van der Waals surface area contributed by atoms with E-state index in [2.05, 4.69) is 38.6 Å². The highest BCUT2D eigenvalue weighted by molar-refractivity contribution is 6.49. The Hall–Kier alpha value is -9.27. The van der Waals surface area contributed by atoms with Crippen molar-refractivity contribution < 1.29 is 36.9 Å². The Morgan fingerprint density at radius 3 is 1.50 bits per heavy atom. The fraction of sp³-hybridized carbons (Fsp3) is 0.172. The normalized spacial score (nSPS) is 13.6. The van der Waals surface area contributed by atoms with E-state index in [0.29, 0.717) is 114 Å². The van der Waals surface area contributed by atoms with Gasteiger partial charge in [-0.1, -0.05) is 88.4 Å². The zero-order valence-corrected chi connectivity index (χ0v) is 41.4. The summed E-state index contributed by atoms with van der Waals surface area (Å²) in [4.78, 5) is 14.3. The first-order valence-electron chi connectivity index (χ1n) is 24.4. The third-order valence-electron chi connectivity index (χ3n) is 12.8. The Morgan fingerprint density at radius 1 is 0.595 bits per heavy atom. The first-order valence-corrected chi connectivity index (χ1v) is 24.4. The molecule has 16 heteroatoms. The van der Waals surface area contributed by atoms with E-state index in [-0.39, 0.29) is 34.9 Å². The fourth-order valence-electron chi connectivity index (χ4n) is 9.53. The Kier molecular flexibility index (Phi) is 11.4. The molecule has 14 nitrogen and oxygen atoms in total. The molecule has 2 aliphatic rings. The van der Waals surface area contributed by atoms with Gasteiger partial charge in [0.05, 0.1) is 41.9 Å². The quantitative estimate of drug-likeness (QED) is 0.0852. The first-order chi connectivity index (χ1) is 36.0. The molecule has 0 bridgehead atoms. The summed E-state index contributed by atoms with van der Waals surface area (Å²) in [6.45, 7) is 22.4. The van der Waals surface area contributed by atoms with Crippen LogP contribution in [0.1, 0.15) is 50.6 Å². The zero-order valence-electron chi connectivity index (χ0n) is 41.4. The lowest BCUT2D eigenvalue weighted by molar-refractivity contribution is 0.271. The molecule has 6 aromatic carbocycles. The average molecular weight is 977 g/mol. The van der Waals surface area contributed by atoms with Crippen molar-refractivity contribution in [2.24, 2.45) is 11.8 Å². The van der Waals surface area contributed by atoms with E-state index in [1.807, 2.05) is 156 Å². The van der Waals surface area contributed by atoms with Crippen LogP contribution in [0.5, 0.6) is 34.5 Å². The molecule has 0 fully saturated rings. The van der Waals surface area contributed by atoms with Crippen LogP contribution in [0.4, 0.5) is 0 Å². The van der Waals surface area contributed by atoms with Crippen LogP contribution in [0.25, 0.3) is 71.6 Å². The molecule has 0 saturated heterocycles. The molecule has 0 atom stereocenters. The molecule has 10 aromatic rings. The van der Waals surface area contributed by atoms with Gasteiger partial charge in [0.15, 0.2) is 11.2 Å². The number of fused-ring (bicyclic) bond motifs is 5. The molecular formula is C58H46B2N6O8. The number of nitriles is 1. The number of benzene rings is 6. The summed E-state index contributed by atoms with van der Waals surface area (Å²) < 4.78 is 57.0. The third-order valence-corrected chi connectivity index (χ3v) is 12.8. The highest BCUT2D eigenvalue weighted by Gasteiger charge is 2.45. The van der Waals surface area contributed by atoms with Gasteiger partial charge in [-0.25, -0.2) is 14.8 Å². The summed E-state index contributed by atoms with van der Waals surface area (Å²) >= 11 is 0. The summed E-state index contributed by atoms with van der Waals surface area (Å²) in [6.07, 6.45) is 0. The van der Waals surface area contributed by atoms with Gasteiger partial charge in [-0.05, 0) is 110 Å². The minimum atomic E-state index is -1.23. The Balaban J connectivity index is 1.34. The zero-order chi connectivity index (χ0) is 50.8. The molecule has 0 amide bonds. The highest BCUT2D eigenvalue weighted by atomic mass is 16.7. The molecule has 6 heterocycles. The summed E-state index contributed by atoms with van der Waals surface area (Å²) in [5, 5.41) is 13.4. The summed E-state index contributed by atoms with van der Waals surface area (Å²) in [5.41, 5.74) is 6.32. The number of nitrogens with zero attached hydrogens (tertiary/aromatic N) is 6. The van der Waals surface area contributed by atoms with Crippen molar-refractivity contribution in [3.63, 3.8) is 0 Å². The van der Waals surface area contributed by atoms with Crippen molar-refractivity contribution in [3.8, 4) is 63.1 Å². The number of para-hydroxylation sites is 4. The SMILES string of the molecule is [C-]#[N+]/C(c1nc2cc(C)ccc2o1)=c1\c2c(-c3cccc(OCC(C)C)c3)n(B3Oc4ccccc4O3)/c(=C(/C#N)c3nc4cc(C)ccc4o3)c2c(-c2cccc(OCC(C)C)c2)n1B1Oc2ccccc2O1. The van der Waals surface area contributed by atoms with E-state index >= 15 is 0 Å². The Morgan fingerprint density at radius 2 is 1.04 bits per heavy atom. The third kappa shape index (κ3) is 8.01. The Labute approximate surface area is 426 Å². The second kappa shape index (κ2) is 18.4. The van der Waals surface area contributed by atoms with Gasteiger partial charge >= 0.3 is 14.5 Å². The van der Waals surface area contributed by atoms with Crippen LogP contribution in [0, 0.1) is 43.6 Å². The van der Waals surface area contributed by atoms with E-state index in [1.54, 1.807) is 0 Å². The number of hydrogen-bond donors (Lipinski definition) is 0. The van der Waals surface area contributed by atoms with Gasteiger partial charge in [-0.15, -0.1) is 0 Å². The van der Waals surface area contributed by atoms with Crippen LogP contribution in [0.15, 0.2) is 142 Å². The maximum atomic E-state index is 11.9. The topological polar surface area (TPSA) is 145 Å². The average Bonchev–Trinajstić information content (AvgIpc) is 4.27. The first kappa shape index (κ1) is 45.8. The van der Waals surface area contributed by atoms with Crippen molar-refractivity contribution in [1.29, 1.82) is 5.26 Å². The molecule has 2 aliphatic heterocycles. The van der Waals surface area contributed by atoms with Crippen LogP contribution >= 0.6 is 0 Å². The highest BCUT2D eigenvalue weighted by Crippen LogP contribution is 2.42. The van der Waals surface area contributed by atoms with Gasteiger partial charge in [-0.2, -0.15) is 5.26 Å². The molecule has 0 saturated carbocycles. The van der Waals surface area contributed by atoms with Gasteiger partial charge in [0, 0.05) is 21.9 Å². The molecule has 0 unspecified atom stereocenters. The maximum Gasteiger partial charge on any atom is 0.743 e. The largest absolute Gasteiger partial charge is 0.743 e. The van der Waals surface area contributed by atoms with E-state index in [0.717, 1.165) is 11.1 Å². The van der Waals surface area contributed by atoms with Crippen LogP contribution in [0.3, 0.4) is 0 Å². The second-order valence-corrected chi connectivity index (χ2v) is 19.3. The number of aromatic nitrogens is 4. The summed E-state index contributed by atoms with van der Waals surface area (Å²) in [5.74, 6) is 3.66. The molecule has 0 radical (unpaired) electrons. The lowest BCUT2D eigenvalue weighted by Crippen LogP contribution is -2.44. The van der Waals surface area contributed by atoms with Crippen LogP contribution in [0.2, 0.25) is 0 Å². The number of hydrogen-bond acceptors (Lipinski definition) is 11. The van der Waals surface area contributed by atoms with Crippen molar-refractivity contribution >= 4 is 58.7 Å². The van der Waals surface area contributed by atoms with Crippen LogP contribution in [-0.4, -0.2) is 46.6 Å². The minimum Gasteiger partial charge on any atom is -0.503 e. The molecular weight excluding hydrogens is 930 g/mol. The molecule has 0 N–H and O–H groups in total. The van der Waals surface area contributed by atoms with Crippen molar-refractivity contribution in [2.75, 3.05) is 13.2 Å². The van der Waals surface area contributed by atoms with Gasteiger partial charge in [-0.3, -0.25) is 0 Å². The lowest BCUT2D eigenvalue weighted by Gasteiger charge is -2.17. The number of rotatable bonds is 12. The van der Waals surface area contributed by atoms with Crippen molar-refractivity contribution in [3.05, 3.63) is 178 Å². The van der Waals surface area contributed by atoms with E-state index in [4.69, 9.17) is 46.9 Å². The lowest BCUT2D eigenvalue weighted by atomic mass is 10.0. The maximum absolute atomic E-state index is 11.9. The molecule has 0 aliphatic carbocycles. The van der Waals surface area contributed by atoms with E-state index in [1.165, 1.54) is 0 Å². The molecule has 362 valence electrons. The predicted octanol–water partition coefficient (Wildman–Crippen LogP) is 11.2. The monoisotopic (exact) mass is 976 g/mol. The van der Waals surface area contributed by atoms with Gasteiger partial charge < -0.3 is 45.9 Å². The molecule has 74 heavy (non-hydrogen) atoms. The van der Waals surface area contributed by atoms with Crippen molar-refractivity contribution in [1.82, 2.24) is 18.9 Å². The minimum absolute atomic E-state index is 0.0232. The molecule has 4 aromatic heterocycles. The van der Waals surface area contributed by atoms with E-state index in [9.17, 15) is 11.8 Å². The van der Waals surface area contributed by atoms with Gasteiger partial charge in [0.1, 0.15) is 57.2 Å². The fourth-order valence-corrected chi connectivity index (χ4v) is 9.53. The van der Waals surface area contributed by atoms with E-state index < -0.39 is 14.5 Å². The summed E-state index contributed by atoms with van der Waals surface area (Å²) in [7, 11) is -2.47. The standard InChI is InChI=1S/C58H46B2N6O8/c1-33(2)31-67-39-16-12-14-37(28-39)53-50-51(56(66(53)60-73-48-20-10-11-21-49(48)74-60)52(62-7)58-64-43-27-36(6)23-25-45(43)70-58)54(38-15-13-17-40(29-38)68-32-34(3)4)65(59-71-46-18-8-9-19-47(46)72-59)55(50)41(30-61)57-63-42-26-35(5)22-24-44(42)69-57/h8-29,33-34H,31-32H2,1-6H3/b55-41-,56-52+.